The molecule has 0 saturated carbocycles. The fraction of sp³-hybridized carbons (Fsp3) is 0.0667. The number of anilines is 3. The molecule has 0 aliphatic carbocycles. The average Bonchev–Trinajstić information content (AvgIpc) is 2.88. The average molecular weight is 324 g/mol. The van der Waals surface area contributed by atoms with Crippen LogP contribution in [0.3, 0.4) is 0 Å². The van der Waals surface area contributed by atoms with Crippen LogP contribution in [0.1, 0.15) is 11.3 Å². The number of phenols is 1. The Morgan fingerprint density at radius 3 is 2.61 bits per heavy atom. The summed E-state index contributed by atoms with van der Waals surface area (Å²) in [5.74, 6) is 0.517. The smallest absolute Gasteiger partial charge is 0.227 e. The zero-order valence-electron chi connectivity index (χ0n) is 12.1. The number of hydrogen-bond donors (Lipinski definition) is 3. The molecule has 0 spiro atoms. The van der Waals surface area contributed by atoms with Crippen molar-refractivity contribution in [3.05, 3.63) is 41.7 Å². The molecule has 0 saturated heterocycles. The van der Waals surface area contributed by atoms with Crippen molar-refractivity contribution in [3.63, 3.8) is 0 Å². The summed E-state index contributed by atoms with van der Waals surface area (Å²) in [4.78, 5) is 13.5. The molecule has 2 heterocycles. The molecule has 23 heavy (non-hydrogen) atoms. The van der Waals surface area contributed by atoms with Crippen molar-refractivity contribution >= 4 is 28.1 Å². The topological polar surface area (TPSA) is 121 Å². The van der Waals surface area contributed by atoms with Gasteiger partial charge in [0.25, 0.3) is 0 Å². The van der Waals surface area contributed by atoms with Crippen molar-refractivity contribution in [1.29, 1.82) is 5.26 Å². The summed E-state index contributed by atoms with van der Waals surface area (Å²) in [5.41, 5.74) is 8.02. The first-order chi connectivity index (χ1) is 11.1. The number of hydrogen-bond acceptors (Lipinski definition) is 8. The van der Waals surface area contributed by atoms with Gasteiger partial charge in [-0.1, -0.05) is 11.3 Å². The molecule has 0 aliphatic rings. The van der Waals surface area contributed by atoms with Crippen molar-refractivity contribution in [1.82, 2.24) is 15.0 Å². The monoisotopic (exact) mass is 324 g/mol. The summed E-state index contributed by atoms with van der Waals surface area (Å²) in [6.45, 7) is 1.82. The third-order valence-electron chi connectivity index (χ3n) is 3.06. The minimum Gasteiger partial charge on any atom is -0.508 e. The lowest BCUT2D eigenvalue weighted by Crippen LogP contribution is -2.00. The number of thiazole rings is 1. The molecular formula is C15H12N6OS. The van der Waals surface area contributed by atoms with Gasteiger partial charge in [-0.05, 0) is 31.2 Å². The highest BCUT2D eigenvalue weighted by molar-refractivity contribution is 7.18. The van der Waals surface area contributed by atoms with Gasteiger partial charge >= 0.3 is 0 Å². The minimum absolute atomic E-state index is 0.174. The Balaban J connectivity index is 2.01. The Morgan fingerprint density at radius 2 is 2.00 bits per heavy atom. The van der Waals surface area contributed by atoms with Gasteiger partial charge in [-0.2, -0.15) is 5.26 Å². The Kier molecular flexibility index (Phi) is 3.78. The van der Waals surface area contributed by atoms with E-state index < -0.39 is 0 Å². The maximum Gasteiger partial charge on any atom is 0.227 e. The van der Waals surface area contributed by atoms with Gasteiger partial charge in [0.05, 0.1) is 22.3 Å². The number of benzene rings is 1. The van der Waals surface area contributed by atoms with E-state index in [-0.39, 0.29) is 5.75 Å². The maximum atomic E-state index is 9.30. The summed E-state index contributed by atoms with van der Waals surface area (Å²) in [6, 6.07) is 8.60. The van der Waals surface area contributed by atoms with Crippen molar-refractivity contribution < 1.29 is 5.11 Å². The first kappa shape index (κ1) is 14.7. The Labute approximate surface area is 136 Å². The zero-order chi connectivity index (χ0) is 16.4. The summed E-state index contributed by atoms with van der Waals surface area (Å²) in [5, 5.41) is 22.0. The Hall–Kier alpha value is -3.18. The first-order valence-electron chi connectivity index (χ1n) is 6.63. The first-order valence-corrected chi connectivity index (χ1v) is 7.45. The van der Waals surface area contributed by atoms with E-state index in [9.17, 15) is 10.4 Å². The predicted molar refractivity (Wildman–Crippen MR) is 88.4 cm³/mol. The molecular weight excluding hydrogens is 312 g/mol. The van der Waals surface area contributed by atoms with Crippen LogP contribution in [0.4, 0.5) is 16.8 Å². The summed E-state index contributed by atoms with van der Waals surface area (Å²) < 4.78 is 0. The minimum atomic E-state index is 0.174. The molecule has 8 heteroatoms. The second kappa shape index (κ2) is 5.90. The van der Waals surface area contributed by atoms with Gasteiger partial charge in [-0.25, -0.2) is 15.0 Å². The lowest BCUT2D eigenvalue weighted by Gasteiger charge is -2.07. The number of nitrogens with one attached hydrogen (secondary N) is 1. The molecule has 0 atom stereocenters. The van der Waals surface area contributed by atoms with Gasteiger partial charge in [0.15, 0.2) is 5.13 Å². The highest BCUT2D eigenvalue weighted by Crippen LogP contribution is 2.32. The van der Waals surface area contributed by atoms with Crippen LogP contribution in [-0.2, 0) is 0 Å². The number of aryl methyl sites for hydroxylation is 1. The van der Waals surface area contributed by atoms with Gasteiger partial charge in [0, 0.05) is 5.69 Å². The molecule has 0 radical (unpaired) electrons. The number of rotatable bonds is 3. The van der Waals surface area contributed by atoms with Gasteiger partial charge in [0.1, 0.15) is 17.5 Å². The third-order valence-corrected chi connectivity index (χ3v) is 4.05. The van der Waals surface area contributed by atoms with Crippen molar-refractivity contribution in [3.8, 4) is 22.4 Å². The number of aromatic nitrogens is 3. The molecule has 114 valence electrons. The molecule has 1 aromatic carbocycles. The molecule has 7 nitrogen and oxygen atoms in total. The van der Waals surface area contributed by atoms with E-state index in [1.54, 1.807) is 24.3 Å². The van der Waals surface area contributed by atoms with Gasteiger partial charge in [0.2, 0.25) is 5.95 Å². The molecule has 0 amide bonds. The number of nitriles is 1. The van der Waals surface area contributed by atoms with E-state index >= 15 is 0 Å². The molecule has 0 unspecified atom stereocenters. The van der Waals surface area contributed by atoms with Gasteiger partial charge in [-0.3, -0.25) is 0 Å². The number of nitrogen functional groups attached to an aromatic ring is 1. The second-order valence-corrected chi connectivity index (χ2v) is 5.74. The predicted octanol–water partition coefficient (Wildman–Crippen LogP) is 2.81. The van der Waals surface area contributed by atoms with E-state index in [2.05, 4.69) is 26.3 Å². The molecule has 3 aromatic rings. The highest BCUT2D eigenvalue weighted by atomic mass is 32.1. The van der Waals surface area contributed by atoms with Crippen LogP contribution in [0.15, 0.2) is 30.5 Å². The number of phenolic OH excluding ortho intramolecular Hbond substituents is 1. The van der Waals surface area contributed by atoms with Crippen LogP contribution in [-0.4, -0.2) is 20.1 Å². The normalized spacial score (nSPS) is 10.3. The molecule has 2 aromatic heterocycles. The molecule has 0 fully saturated rings. The van der Waals surface area contributed by atoms with Gasteiger partial charge in [-0.15, -0.1) is 0 Å². The zero-order valence-corrected chi connectivity index (χ0v) is 12.9. The van der Waals surface area contributed by atoms with Crippen molar-refractivity contribution in [2.24, 2.45) is 0 Å². The summed E-state index contributed by atoms with van der Waals surface area (Å²) in [7, 11) is 0. The number of nitrogens with zero attached hydrogens (tertiary/aromatic N) is 4. The fourth-order valence-corrected chi connectivity index (χ4v) is 2.85. The summed E-state index contributed by atoms with van der Waals surface area (Å²) in [6.07, 6.45) is 1.46. The fourth-order valence-electron chi connectivity index (χ4n) is 2.01. The standard InChI is InChI=1S/C15H12N6OS/c1-8-13(23-14(17)19-8)12-9(6-16)7-18-15(21-12)20-10-2-4-11(22)5-3-10/h2-5,7,22H,1H3,(H2,17,19)(H,18,20,21). The highest BCUT2D eigenvalue weighted by Gasteiger charge is 2.15. The van der Waals surface area contributed by atoms with Crippen molar-refractivity contribution in [2.75, 3.05) is 11.1 Å². The van der Waals surface area contributed by atoms with E-state index in [0.717, 1.165) is 16.3 Å². The van der Waals surface area contributed by atoms with E-state index in [4.69, 9.17) is 5.73 Å². The SMILES string of the molecule is Cc1nc(N)sc1-c1nc(Nc2ccc(O)cc2)ncc1C#N. The molecule has 3 rings (SSSR count). The largest absolute Gasteiger partial charge is 0.508 e. The van der Waals surface area contributed by atoms with Crippen LogP contribution in [0.25, 0.3) is 10.6 Å². The molecule has 0 aliphatic heterocycles. The maximum absolute atomic E-state index is 9.30. The lowest BCUT2D eigenvalue weighted by atomic mass is 10.2. The van der Waals surface area contributed by atoms with Crippen LogP contribution in [0, 0.1) is 18.3 Å². The van der Waals surface area contributed by atoms with Crippen LogP contribution in [0.5, 0.6) is 5.75 Å². The van der Waals surface area contributed by atoms with Crippen LogP contribution >= 0.6 is 11.3 Å². The Bertz CT molecular complexity index is 897. The Morgan fingerprint density at radius 1 is 1.26 bits per heavy atom. The molecule has 0 bridgehead atoms. The van der Waals surface area contributed by atoms with Gasteiger partial charge < -0.3 is 16.2 Å². The quantitative estimate of drug-likeness (QED) is 0.633. The second-order valence-electron chi connectivity index (χ2n) is 4.71. The lowest BCUT2D eigenvalue weighted by molar-refractivity contribution is 0.475. The number of nitrogens with two attached hydrogens (primary N) is 1. The third kappa shape index (κ3) is 3.04. The van der Waals surface area contributed by atoms with E-state index in [1.807, 2.05) is 6.92 Å². The summed E-state index contributed by atoms with van der Waals surface area (Å²) >= 11 is 1.28. The van der Waals surface area contributed by atoms with E-state index in [1.165, 1.54) is 17.5 Å². The van der Waals surface area contributed by atoms with Crippen molar-refractivity contribution in [2.45, 2.75) is 6.92 Å². The van der Waals surface area contributed by atoms with E-state index in [0.29, 0.717) is 22.3 Å². The van der Waals surface area contributed by atoms with Crippen LogP contribution < -0.4 is 11.1 Å². The number of aromatic hydroxyl groups is 1. The molecule has 4 N–H and O–H groups in total. The van der Waals surface area contributed by atoms with Crippen LogP contribution in [0.2, 0.25) is 0 Å².